The molecule has 13 heteroatoms. The third kappa shape index (κ3) is 3.75. The first-order valence-electron chi connectivity index (χ1n) is 11.3. The van der Waals surface area contributed by atoms with Gasteiger partial charge in [-0.25, -0.2) is 19.2 Å². The lowest BCUT2D eigenvalue weighted by Crippen LogP contribution is -2.68. The van der Waals surface area contributed by atoms with Crippen LogP contribution in [0, 0.1) is 17.2 Å². The Bertz CT molecular complexity index is 1320. The maximum Gasteiger partial charge on any atom is 0.408 e. The highest BCUT2D eigenvalue weighted by Gasteiger charge is 2.58. The van der Waals surface area contributed by atoms with Crippen LogP contribution in [0.5, 0.6) is 0 Å². The van der Waals surface area contributed by atoms with Crippen molar-refractivity contribution in [1.82, 2.24) is 29.9 Å². The number of imidazole rings is 1. The fraction of sp³-hybridized carbons (Fsp3) is 0.500. The molecule has 4 heterocycles. The number of alkyl carbamates (subject to hydrolysis) is 1. The van der Waals surface area contributed by atoms with Crippen LogP contribution in [0.3, 0.4) is 0 Å². The topological polar surface area (TPSA) is 151 Å². The number of fused-ring (bicyclic) bond motifs is 1. The smallest absolute Gasteiger partial charge is 0.408 e. The lowest BCUT2D eigenvalue weighted by atomic mass is 9.50. The Morgan fingerprint density at radius 1 is 1.46 bits per heavy atom. The lowest BCUT2D eigenvalue weighted by Gasteiger charge is -2.61. The average molecular weight is 482 g/mol. The summed E-state index contributed by atoms with van der Waals surface area (Å²) in [6.45, 7) is 0.226. The van der Waals surface area contributed by atoms with Crippen molar-refractivity contribution in [1.29, 1.82) is 5.26 Å². The van der Waals surface area contributed by atoms with E-state index in [0.29, 0.717) is 40.3 Å². The van der Waals surface area contributed by atoms with Crippen LogP contribution in [0.1, 0.15) is 42.3 Å². The molecule has 0 radical (unpaired) electrons. The molecule has 35 heavy (non-hydrogen) atoms. The fourth-order valence-corrected chi connectivity index (χ4v) is 5.03. The summed E-state index contributed by atoms with van der Waals surface area (Å²) >= 11 is 0. The highest BCUT2D eigenvalue weighted by atomic mass is 19.1. The molecule has 4 aliphatic rings. The van der Waals surface area contributed by atoms with E-state index < -0.39 is 24.5 Å². The Morgan fingerprint density at radius 3 is 3.00 bits per heavy atom. The predicted molar refractivity (Wildman–Crippen MR) is 117 cm³/mol. The molecule has 3 atom stereocenters. The first-order chi connectivity index (χ1) is 17.0. The van der Waals surface area contributed by atoms with Crippen molar-refractivity contribution in [2.45, 2.75) is 49.8 Å². The second-order valence-corrected chi connectivity index (χ2v) is 9.33. The molecule has 3 N–H and O–H groups in total. The van der Waals surface area contributed by atoms with Crippen molar-refractivity contribution in [2.24, 2.45) is 5.92 Å². The number of anilines is 2. The molecule has 1 amide bonds. The number of rotatable bonds is 7. The van der Waals surface area contributed by atoms with E-state index in [9.17, 15) is 10.1 Å². The zero-order valence-corrected chi connectivity index (χ0v) is 18.8. The van der Waals surface area contributed by atoms with Crippen LogP contribution < -0.4 is 10.6 Å². The average Bonchev–Trinajstić information content (AvgIpc) is 3.50. The zero-order chi connectivity index (χ0) is 24.2. The summed E-state index contributed by atoms with van der Waals surface area (Å²) in [6, 6.07) is 3.66. The van der Waals surface area contributed by atoms with Crippen molar-refractivity contribution in [3.63, 3.8) is 0 Å². The standard InChI is InChI=1S/C22H23FN8O4/c1-33-9-13-8-31-19(26-13)12(6-24)7-25-20(31)27-16-2-14(29-30-16)18-17(23)15(10-34-18)35-21(32)28-22-3-11(4-22)5-22/h2,7-8,11,15,17-18H,3-5,9-10H2,1H3,(H,28,32)(H2,25,27,29,30)/t11?,15-,17+,18-,22?/m1/s1. The molecule has 1 saturated heterocycles. The number of carbonyl (C=O) groups is 1. The van der Waals surface area contributed by atoms with Gasteiger partial charge in [0.2, 0.25) is 5.95 Å². The number of alkyl halides is 1. The van der Waals surface area contributed by atoms with Gasteiger partial charge in [0.05, 0.1) is 30.8 Å². The van der Waals surface area contributed by atoms with Crippen LogP contribution >= 0.6 is 0 Å². The number of methoxy groups -OCH3 is 1. The summed E-state index contributed by atoms with van der Waals surface area (Å²) in [7, 11) is 1.56. The van der Waals surface area contributed by atoms with Crippen LogP contribution in [0.25, 0.3) is 5.65 Å². The monoisotopic (exact) mass is 482 g/mol. The van der Waals surface area contributed by atoms with E-state index in [2.05, 4.69) is 36.9 Å². The molecular weight excluding hydrogens is 459 g/mol. The third-order valence-corrected chi connectivity index (χ3v) is 6.85. The van der Waals surface area contributed by atoms with Gasteiger partial charge < -0.3 is 24.8 Å². The minimum absolute atomic E-state index is 0.0498. The number of hydrogen-bond donors (Lipinski definition) is 3. The minimum atomic E-state index is -1.55. The minimum Gasteiger partial charge on any atom is -0.441 e. The molecule has 1 aliphatic heterocycles. The van der Waals surface area contributed by atoms with Gasteiger partial charge in [-0.3, -0.25) is 9.50 Å². The van der Waals surface area contributed by atoms with Gasteiger partial charge in [0.1, 0.15) is 17.7 Å². The summed E-state index contributed by atoms with van der Waals surface area (Å²) in [5.41, 5.74) is 1.62. The molecule has 0 aromatic carbocycles. The molecule has 7 rings (SSSR count). The molecule has 2 bridgehead atoms. The lowest BCUT2D eigenvalue weighted by molar-refractivity contribution is -0.0528. The maximum absolute atomic E-state index is 15.1. The largest absolute Gasteiger partial charge is 0.441 e. The molecule has 3 saturated carbocycles. The Morgan fingerprint density at radius 2 is 2.29 bits per heavy atom. The summed E-state index contributed by atoms with van der Waals surface area (Å²) in [5.74, 6) is 1.44. The third-order valence-electron chi connectivity index (χ3n) is 6.85. The molecule has 12 nitrogen and oxygen atoms in total. The van der Waals surface area contributed by atoms with E-state index in [1.54, 1.807) is 23.8 Å². The van der Waals surface area contributed by atoms with Gasteiger partial charge in [0, 0.05) is 24.9 Å². The first kappa shape index (κ1) is 21.8. The number of aromatic nitrogens is 5. The maximum atomic E-state index is 15.1. The molecule has 0 spiro atoms. The van der Waals surface area contributed by atoms with Gasteiger partial charge in [0.15, 0.2) is 23.7 Å². The molecule has 0 unspecified atom stereocenters. The van der Waals surface area contributed by atoms with E-state index in [1.165, 1.54) is 6.20 Å². The summed E-state index contributed by atoms with van der Waals surface area (Å²) in [4.78, 5) is 20.9. The van der Waals surface area contributed by atoms with Crippen LogP contribution in [0.2, 0.25) is 0 Å². The van der Waals surface area contributed by atoms with Gasteiger partial charge in [-0.05, 0) is 25.2 Å². The Kier molecular flexibility index (Phi) is 5.08. The van der Waals surface area contributed by atoms with Crippen molar-refractivity contribution >= 4 is 23.5 Å². The van der Waals surface area contributed by atoms with Crippen LogP contribution in [-0.2, 0) is 20.8 Å². The quantitative estimate of drug-likeness (QED) is 0.460. The molecule has 4 fully saturated rings. The van der Waals surface area contributed by atoms with Gasteiger partial charge in [0.25, 0.3) is 0 Å². The number of nitrogens with one attached hydrogen (secondary N) is 3. The summed E-state index contributed by atoms with van der Waals surface area (Å²) in [5, 5.41) is 22.2. The number of aromatic amines is 1. The summed E-state index contributed by atoms with van der Waals surface area (Å²) in [6.07, 6.45) is 1.93. The number of amides is 1. The number of nitriles is 1. The normalized spacial score (nSPS) is 28.7. The highest BCUT2D eigenvalue weighted by Crippen LogP contribution is 2.57. The second-order valence-electron chi connectivity index (χ2n) is 9.33. The molecular formula is C22H23FN8O4. The number of ether oxygens (including phenoxy) is 3. The fourth-order valence-electron chi connectivity index (χ4n) is 5.03. The number of hydrogen-bond acceptors (Lipinski definition) is 9. The Balaban J connectivity index is 1.13. The summed E-state index contributed by atoms with van der Waals surface area (Å²) < 4.78 is 32.7. The van der Waals surface area contributed by atoms with Crippen molar-refractivity contribution in [2.75, 3.05) is 19.0 Å². The van der Waals surface area contributed by atoms with E-state index >= 15 is 4.39 Å². The molecule has 3 aromatic heterocycles. The van der Waals surface area contributed by atoms with Gasteiger partial charge in [-0.2, -0.15) is 10.4 Å². The van der Waals surface area contributed by atoms with Crippen molar-refractivity contribution in [3.8, 4) is 6.07 Å². The van der Waals surface area contributed by atoms with E-state index in [-0.39, 0.29) is 18.8 Å². The SMILES string of the molecule is COCc1cn2c(Nc3cc([C@H]4OC[C@@H](OC(=O)NC56CC(C5)C6)[C@@H]4F)[nH]n3)ncc(C#N)c2n1. The number of halogens is 1. The van der Waals surface area contributed by atoms with Crippen LogP contribution in [-0.4, -0.2) is 62.2 Å². The van der Waals surface area contributed by atoms with Crippen LogP contribution in [0.4, 0.5) is 21.0 Å². The van der Waals surface area contributed by atoms with E-state index in [4.69, 9.17) is 14.2 Å². The number of H-pyrrole nitrogens is 1. The number of carbonyl (C=O) groups excluding carboxylic acids is 1. The van der Waals surface area contributed by atoms with Gasteiger partial charge >= 0.3 is 6.09 Å². The van der Waals surface area contributed by atoms with Gasteiger partial charge in [-0.1, -0.05) is 0 Å². The predicted octanol–water partition coefficient (Wildman–Crippen LogP) is 2.27. The van der Waals surface area contributed by atoms with E-state index in [1.807, 2.05) is 0 Å². The Labute approximate surface area is 198 Å². The van der Waals surface area contributed by atoms with E-state index in [0.717, 1.165) is 19.3 Å². The highest BCUT2D eigenvalue weighted by molar-refractivity contribution is 5.69. The van der Waals surface area contributed by atoms with Gasteiger partial charge in [-0.15, -0.1) is 0 Å². The molecule has 3 aliphatic carbocycles. The van der Waals surface area contributed by atoms with Crippen molar-refractivity contribution in [3.05, 3.63) is 35.4 Å². The van der Waals surface area contributed by atoms with Crippen LogP contribution in [0.15, 0.2) is 18.5 Å². The zero-order valence-electron chi connectivity index (χ0n) is 18.8. The molecule has 3 aromatic rings. The number of nitrogens with zero attached hydrogens (tertiary/aromatic N) is 5. The second kappa shape index (κ2) is 8.17. The first-order valence-corrected chi connectivity index (χ1v) is 11.3. The molecule has 182 valence electrons. The Hall–Kier alpha value is -3.76. The van der Waals surface area contributed by atoms with Crippen molar-refractivity contribution < 1.29 is 23.4 Å².